The molecule has 2 atom stereocenters. The maximum Gasteiger partial charge on any atom is 0.0679 e. The summed E-state index contributed by atoms with van der Waals surface area (Å²) in [5.41, 5.74) is 5.42. The lowest BCUT2D eigenvalue weighted by Crippen LogP contribution is -2.47. The summed E-state index contributed by atoms with van der Waals surface area (Å²) in [6.45, 7) is 3.64. The van der Waals surface area contributed by atoms with E-state index in [0.717, 1.165) is 13.1 Å². The molecule has 0 bridgehead atoms. The number of aliphatic hydroxyl groups excluding tert-OH is 1. The summed E-state index contributed by atoms with van der Waals surface area (Å²) in [6.07, 6.45) is 2.94. The minimum atomic E-state index is -0.271. The molecule has 1 aliphatic rings. The van der Waals surface area contributed by atoms with Gasteiger partial charge in [-0.3, -0.25) is 4.90 Å². The largest absolute Gasteiger partial charge is 0.392 e. The Morgan fingerprint density at radius 2 is 2.33 bits per heavy atom. The third kappa shape index (κ3) is 4.47. The molecule has 0 saturated carbocycles. The molecule has 3 N–H and O–H groups in total. The topological polar surface area (TPSA) is 52.7 Å². The van der Waals surface area contributed by atoms with Crippen molar-refractivity contribution >= 4 is 0 Å². The van der Waals surface area contributed by atoms with Crippen LogP contribution in [-0.2, 0) is 0 Å². The molecule has 1 aliphatic heterocycles. The molecule has 0 spiro atoms. The van der Waals surface area contributed by atoms with Crippen LogP contribution in [0.25, 0.3) is 0 Å². The van der Waals surface area contributed by atoms with Gasteiger partial charge in [-0.15, -0.1) is 0 Å². The van der Waals surface area contributed by atoms with Gasteiger partial charge in [0, 0.05) is 19.1 Å². The van der Waals surface area contributed by atoms with Gasteiger partial charge in [0.25, 0.3) is 0 Å². The van der Waals surface area contributed by atoms with E-state index in [0.29, 0.717) is 19.0 Å². The molecule has 0 aromatic rings. The first-order chi connectivity index (χ1) is 7.13. The van der Waals surface area contributed by atoms with E-state index in [1.807, 2.05) is 0 Å². The highest BCUT2D eigenvalue weighted by Crippen LogP contribution is 2.13. The predicted octanol–water partition coefficient (Wildman–Crippen LogP) is -0.278. The predicted molar refractivity (Wildman–Crippen MR) is 62.8 cm³/mol. The van der Waals surface area contributed by atoms with E-state index < -0.39 is 0 Å². The summed E-state index contributed by atoms with van der Waals surface area (Å²) in [5.74, 6) is 0. The zero-order valence-corrected chi connectivity index (χ0v) is 10.0. The standard InChI is InChI=1S/C11H25N3O/c1-13-7-3-4-10(8-13)14(2)9-11(15)5-6-12/h10-11,15H,3-9,12H2,1-2H3. The quantitative estimate of drug-likeness (QED) is 0.662. The average molecular weight is 215 g/mol. The minimum absolute atomic E-state index is 0.271. The summed E-state index contributed by atoms with van der Waals surface area (Å²) in [5, 5.41) is 9.68. The fourth-order valence-corrected chi connectivity index (χ4v) is 2.26. The molecule has 0 radical (unpaired) electrons. The van der Waals surface area contributed by atoms with E-state index in [1.165, 1.54) is 19.4 Å². The summed E-state index contributed by atoms with van der Waals surface area (Å²) >= 11 is 0. The lowest BCUT2D eigenvalue weighted by molar-refractivity contribution is 0.0714. The van der Waals surface area contributed by atoms with Gasteiger partial charge in [0.2, 0.25) is 0 Å². The molecule has 1 heterocycles. The number of piperidine rings is 1. The first kappa shape index (κ1) is 12.9. The lowest BCUT2D eigenvalue weighted by Gasteiger charge is -2.36. The Bertz CT molecular complexity index is 177. The normalized spacial score (nSPS) is 25.8. The molecule has 1 saturated heterocycles. The van der Waals surface area contributed by atoms with Crippen LogP contribution in [0.5, 0.6) is 0 Å². The van der Waals surface area contributed by atoms with Crippen LogP contribution in [0.1, 0.15) is 19.3 Å². The molecule has 4 nitrogen and oxygen atoms in total. The highest BCUT2D eigenvalue weighted by Gasteiger charge is 2.22. The van der Waals surface area contributed by atoms with Crippen LogP contribution >= 0.6 is 0 Å². The third-order valence-corrected chi connectivity index (χ3v) is 3.22. The Morgan fingerprint density at radius 3 is 2.93 bits per heavy atom. The summed E-state index contributed by atoms with van der Waals surface area (Å²) in [4.78, 5) is 4.63. The molecule has 90 valence electrons. The van der Waals surface area contributed by atoms with E-state index in [4.69, 9.17) is 5.73 Å². The maximum absolute atomic E-state index is 9.68. The van der Waals surface area contributed by atoms with Gasteiger partial charge in [-0.05, 0) is 46.4 Å². The van der Waals surface area contributed by atoms with Crippen LogP contribution in [0.15, 0.2) is 0 Å². The number of aliphatic hydroxyl groups is 1. The Hall–Kier alpha value is -0.160. The maximum atomic E-state index is 9.68. The fourth-order valence-electron chi connectivity index (χ4n) is 2.26. The molecule has 0 amide bonds. The zero-order valence-electron chi connectivity index (χ0n) is 10.0. The van der Waals surface area contributed by atoms with Crippen LogP contribution in [-0.4, -0.2) is 67.3 Å². The van der Waals surface area contributed by atoms with Crippen molar-refractivity contribution in [3.05, 3.63) is 0 Å². The van der Waals surface area contributed by atoms with Crippen LogP contribution in [0, 0.1) is 0 Å². The van der Waals surface area contributed by atoms with Crippen molar-refractivity contribution in [3.8, 4) is 0 Å². The first-order valence-electron chi connectivity index (χ1n) is 5.90. The molecule has 15 heavy (non-hydrogen) atoms. The molecule has 1 rings (SSSR count). The van der Waals surface area contributed by atoms with Crippen molar-refractivity contribution in [2.45, 2.75) is 31.4 Å². The SMILES string of the molecule is CN1CCCC(N(C)CC(O)CCN)C1. The number of nitrogens with zero attached hydrogens (tertiary/aromatic N) is 2. The van der Waals surface area contributed by atoms with Gasteiger partial charge < -0.3 is 15.7 Å². The van der Waals surface area contributed by atoms with Crippen molar-refractivity contribution in [1.82, 2.24) is 9.80 Å². The second kappa shape index (κ2) is 6.43. The van der Waals surface area contributed by atoms with E-state index in [-0.39, 0.29) is 6.10 Å². The van der Waals surface area contributed by atoms with E-state index >= 15 is 0 Å². The molecular formula is C11H25N3O. The van der Waals surface area contributed by atoms with Gasteiger partial charge in [0.15, 0.2) is 0 Å². The average Bonchev–Trinajstić information content (AvgIpc) is 2.18. The monoisotopic (exact) mass is 215 g/mol. The van der Waals surface area contributed by atoms with Gasteiger partial charge in [-0.25, -0.2) is 0 Å². The van der Waals surface area contributed by atoms with Crippen LogP contribution in [0.3, 0.4) is 0 Å². The molecule has 0 aromatic carbocycles. The van der Waals surface area contributed by atoms with Gasteiger partial charge in [-0.2, -0.15) is 0 Å². The number of rotatable bonds is 5. The van der Waals surface area contributed by atoms with Gasteiger partial charge in [0.1, 0.15) is 0 Å². The minimum Gasteiger partial charge on any atom is -0.392 e. The van der Waals surface area contributed by atoms with Gasteiger partial charge in [0.05, 0.1) is 6.10 Å². The third-order valence-electron chi connectivity index (χ3n) is 3.22. The zero-order chi connectivity index (χ0) is 11.3. The number of likely N-dealkylation sites (N-methyl/N-ethyl adjacent to an activating group) is 2. The summed E-state index contributed by atoms with van der Waals surface area (Å²) < 4.78 is 0. The summed E-state index contributed by atoms with van der Waals surface area (Å²) in [7, 11) is 4.26. The molecule has 2 unspecified atom stereocenters. The second-order valence-corrected chi connectivity index (χ2v) is 4.73. The Balaban J connectivity index is 2.28. The lowest BCUT2D eigenvalue weighted by atomic mass is 10.0. The Kier molecular flexibility index (Phi) is 5.53. The van der Waals surface area contributed by atoms with Crippen LogP contribution < -0.4 is 5.73 Å². The van der Waals surface area contributed by atoms with Crippen molar-refractivity contribution in [2.75, 3.05) is 40.3 Å². The number of likely N-dealkylation sites (tertiary alicyclic amines) is 1. The number of hydrogen-bond donors (Lipinski definition) is 2. The number of hydrogen-bond acceptors (Lipinski definition) is 4. The summed E-state index contributed by atoms with van der Waals surface area (Å²) in [6, 6.07) is 0.594. The van der Waals surface area contributed by atoms with Crippen molar-refractivity contribution < 1.29 is 5.11 Å². The van der Waals surface area contributed by atoms with Crippen molar-refractivity contribution in [2.24, 2.45) is 5.73 Å². The van der Waals surface area contributed by atoms with Crippen molar-refractivity contribution in [3.63, 3.8) is 0 Å². The highest BCUT2D eigenvalue weighted by molar-refractivity contribution is 4.78. The van der Waals surface area contributed by atoms with Crippen LogP contribution in [0.4, 0.5) is 0 Å². The molecule has 4 heteroatoms. The van der Waals surface area contributed by atoms with Gasteiger partial charge in [-0.1, -0.05) is 0 Å². The first-order valence-corrected chi connectivity index (χ1v) is 5.90. The molecule has 0 aliphatic carbocycles. The fraction of sp³-hybridized carbons (Fsp3) is 1.00. The molecule has 0 aromatic heterocycles. The number of nitrogens with two attached hydrogens (primary N) is 1. The van der Waals surface area contributed by atoms with Crippen molar-refractivity contribution in [1.29, 1.82) is 0 Å². The van der Waals surface area contributed by atoms with E-state index in [2.05, 4.69) is 23.9 Å². The Morgan fingerprint density at radius 1 is 1.60 bits per heavy atom. The highest BCUT2D eigenvalue weighted by atomic mass is 16.3. The van der Waals surface area contributed by atoms with E-state index in [1.54, 1.807) is 0 Å². The van der Waals surface area contributed by atoms with Crippen LogP contribution in [0.2, 0.25) is 0 Å². The van der Waals surface area contributed by atoms with E-state index in [9.17, 15) is 5.11 Å². The molecular weight excluding hydrogens is 190 g/mol. The second-order valence-electron chi connectivity index (χ2n) is 4.73. The smallest absolute Gasteiger partial charge is 0.0679 e. The van der Waals surface area contributed by atoms with Gasteiger partial charge >= 0.3 is 0 Å². The molecule has 1 fully saturated rings. The Labute approximate surface area is 93.0 Å².